The van der Waals surface area contributed by atoms with Gasteiger partial charge in [0.25, 0.3) is 5.91 Å². The molecule has 1 aliphatic rings. The Morgan fingerprint density at radius 3 is 2.43 bits per heavy atom. The number of benzene rings is 1. The van der Waals surface area contributed by atoms with Gasteiger partial charge in [-0.2, -0.15) is 0 Å². The summed E-state index contributed by atoms with van der Waals surface area (Å²) in [6.07, 6.45) is 1.18. The summed E-state index contributed by atoms with van der Waals surface area (Å²) in [6, 6.07) is 6.88. The molecule has 1 aliphatic heterocycles. The molecule has 2 atom stereocenters. The first-order valence-electron chi connectivity index (χ1n) is 9.52. The van der Waals surface area contributed by atoms with E-state index in [4.69, 9.17) is 4.74 Å². The van der Waals surface area contributed by atoms with E-state index in [1.54, 1.807) is 12.1 Å². The lowest BCUT2D eigenvalue weighted by atomic mass is 10.0. The monoisotopic (exact) mass is 409 g/mol. The van der Waals surface area contributed by atoms with E-state index >= 15 is 0 Å². The number of hydrogen-bond acceptors (Lipinski definition) is 6. The molecular weight excluding hydrogens is 382 g/mol. The van der Waals surface area contributed by atoms with E-state index in [0.29, 0.717) is 12.0 Å². The van der Waals surface area contributed by atoms with Crippen molar-refractivity contribution >= 4 is 27.5 Å². The summed E-state index contributed by atoms with van der Waals surface area (Å²) in [4.78, 5) is 36.1. The van der Waals surface area contributed by atoms with E-state index < -0.39 is 33.9 Å². The van der Waals surface area contributed by atoms with Crippen LogP contribution < -0.4 is 5.32 Å². The molecule has 1 heterocycles. The molecule has 0 aromatic heterocycles. The Bertz CT molecular complexity index is 816. The van der Waals surface area contributed by atoms with Crippen molar-refractivity contribution in [3.05, 3.63) is 35.4 Å². The number of sulfone groups is 1. The first-order chi connectivity index (χ1) is 13.2. The van der Waals surface area contributed by atoms with Crippen LogP contribution in [-0.2, 0) is 30.6 Å². The number of Topliss-reactive ketones (excluding diaryl/α,β-unsaturated/α-hetero) is 1. The quantitative estimate of drug-likeness (QED) is 0.493. The van der Waals surface area contributed by atoms with Gasteiger partial charge in [-0.15, -0.1) is 0 Å². The summed E-state index contributed by atoms with van der Waals surface area (Å²) in [6.45, 7) is 3.51. The number of aryl methyl sites for hydroxylation is 1. The molecular formula is C20H27NO6S. The zero-order chi connectivity index (χ0) is 20.7. The van der Waals surface area contributed by atoms with Crippen LogP contribution in [0, 0.1) is 0 Å². The lowest BCUT2D eigenvalue weighted by Gasteiger charge is -2.16. The number of amides is 1. The van der Waals surface area contributed by atoms with Gasteiger partial charge in [-0.1, -0.05) is 37.6 Å². The minimum Gasteiger partial charge on any atom is -0.453 e. The van der Waals surface area contributed by atoms with Crippen molar-refractivity contribution in [1.29, 1.82) is 0 Å². The van der Waals surface area contributed by atoms with E-state index in [1.807, 2.05) is 12.1 Å². The van der Waals surface area contributed by atoms with Gasteiger partial charge in [-0.25, -0.2) is 8.42 Å². The Morgan fingerprint density at radius 2 is 1.86 bits per heavy atom. The Hall–Kier alpha value is -2.22. The van der Waals surface area contributed by atoms with Gasteiger partial charge < -0.3 is 10.1 Å². The summed E-state index contributed by atoms with van der Waals surface area (Å²) in [5.41, 5.74) is 1.70. The number of carbonyl (C=O) groups is 3. The Balaban J connectivity index is 1.75. The van der Waals surface area contributed by atoms with Crippen molar-refractivity contribution in [3.8, 4) is 0 Å². The first-order valence-corrected chi connectivity index (χ1v) is 11.3. The van der Waals surface area contributed by atoms with E-state index in [-0.39, 0.29) is 30.1 Å². The molecule has 154 valence electrons. The van der Waals surface area contributed by atoms with Crippen LogP contribution in [0.25, 0.3) is 0 Å². The first kappa shape index (κ1) is 22.1. The Kier molecular flexibility index (Phi) is 7.74. The predicted octanol–water partition coefficient (Wildman–Crippen LogP) is 1.84. The third kappa shape index (κ3) is 6.74. The van der Waals surface area contributed by atoms with Crippen LogP contribution in [-0.4, -0.2) is 49.7 Å². The highest BCUT2D eigenvalue weighted by Crippen LogP contribution is 2.13. The molecule has 2 rings (SSSR count). The fourth-order valence-electron chi connectivity index (χ4n) is 3.04. The zero-order valence-electron chi connectivity index (χ0n) is 16.3. The SMILES string of the molecule is CCCc1ccc(C(=O)CCC(=O)O[C@@H](C)C(=O)N[C@@H]2CCS(=O)(=O)C2)cc1. The van der Waals surface area contributed by atoms with E-state index in [2.05, 4.69) is 12.2 Å². The van der Waals surface area contributed by atoms with Gasteiger partial charge in [0.05, 0.1) is 17.9 Å². The normalized spacial score (nSPS) is 19.0. The molecule has 1 saturated heterocycles. The van der Waals surface area contributed by atoms with Crippen molar-refractivity contribution in [2.24, 2.45) is 0 Å². The van der Waals surface area contributed by atoms with Gasteiger partial charge in [0.2, 0.25) is 0 Å². The molecule has 1 aromatic carbocycles. The number of hydrogen-bond donors (Lipinski definition) is 1. The molecule has 8 heteroatoms. The number of esters is 1. The number of ketones is 1. The van der Waals surface area contributed by atoms with Crippen molar-refractivity contribution in [2.45, 2.75) is 58.1 Å². The molecule has 0 radical (unpaired) electrons. The average Bonchev–Trinajstić information content (AvgIpc) is 2.99. The molecule has 1 amide bonds. The predicted molar refractivity (Wildman–Crippen MR) is 105 cm³/mol. The maximum Gasteiger partial charge on any atom is 0.307 e. The summed E-state index contributed by atoms with van der Waals surface area (Å²) < 4.78 is 27.9. The Labute approximate surface area is 165 Å². The molecule has 1 aromatic rings. The minimum atomic E-state index is -3.10. The number of carbonyl (C=O) groups excluding carboxylic acids is 3. The zero-order valence-corrected chi connectivity index (χ0v) is 17.1. The second kappa shape index (κ2) is 9.82. The second-order valence-corrected chi connectivity index (χ2v) is 9.34. The van der Waals surface area contributed by atoms with Crippen molar-refractivity contribution in [2.75, 3.05) is 11.5 Å². The van der Waals surface area contributed by atoms with Crippen LogP contribution in [0.1, 0.15) is 55.5 Å². The number of rotatable bonds is 9. The van der Waals surface area contributed by atoms with Crippen molar-refractivity contribution < 1.29 is 27.5 Å². The lowest BCUT2D eigenvalue weighted by molar-refractivity contribution is -0.154. The number of nitrogens with one attached hydrogen (secondary N) is 1. The highest BCUT2D eigenvalue weighted by Gasteiger charge is 2.30. The lowest BCUT2D eigenvalue weighted by Crippen LogP contribution is -2.42. The standard InChI is InChI=1S/C20H27NO6S/c1-3-4-15-5-7-16(8-6-15)18(22)9-10-19(23)27-14(2)20(24)21-17-11-12-28(25,26)13-17/h5-8,14,17H,3-4,9-13H2,1-2H3,(H,21,24)/t14-,17+/m0/s1. The smallest absolute Gasteiger partial charge is 0.307 e. The molecule has 0 saturated carbocycles. The van der Waals surface area contributed by atoms with Crippen LogP contribution in [0.3, 0.4) is 0 Å². The molecule has 1 fully saturated rings. The third-order valence-corrected chi connectivity index (χ3v) is 6.39. The third-order valence-electron chi connectivity index (χ3n) is 4.63. The van der Waals surface area contributed by atoms with Gasteiger partial charge in [0.15, 0.2) is 21.7 Å². The molecule has 28 heavy (non-hydrogen) atoms. The van der Waals surface area contributed by atoms with Gasteiger partial charge in [-0.3, -0.25) is 14.4 Å². The van der Waals surface area contributed by atoms with Gasteiger partial charge in [0, 0.05) is 18.0 Å². The number of ether oxygens (including phenoxy) is 1. The maximum absolute atomic E-state index is 12.2. The van der Waals surface area contributed by atoms with Crippen LogP contribution in [0.5, 0.6) is 0 Å². The van der Waals surface area contributed by atoms with E-state index in [9.17, 15) is 22.8 Å². The summed E-state index contributed by atoms with van der Waals surface area (Å²) in [5.74, 6) is -1.38. The fraction of sp³-hybridized carbons (Fsp3) is 0.550. The molecule has 1 N–H and O–H groups in total. The molecule has 0 spiro atoms. The van der Waals surface area contributed by atoms with Gasteiger partial charge >= 0.3 is 5.97 Å². The van der Waals surface area contributed by atoms with Crippen LogP contribution in [0.2, 0.25) is 0 Å². The topological polar surface area (TPSA) is 107 Å². The summed E-state index contributed by atoms with van der Waals surface area (Å²) in [5, 5.41) is 2.58. The van der Waals surface area contributed by atoms with Crippen molar-refractivity contribution in [1.82, 2.24) is 5.32 Å². The van der Waals surface area contributed by atoms with Crippen LogP contribution >= 0.6 is 0 Å². The molecule has 7 nitrogen and oxygen atoms in total. The Morgan fingerprint density at radius 1 is 1.18 bits per heavy atom. The van der Waals surface area contributed by atoms with Gasteiger partial charge in [0.1, 0.15) is 0 Å². The van der Waals surface area contributed by atoms with Crippen LogP contribution in [0.4, 0.5) is 0 Å². The van der Waals surface area contributed by atoms with Gasteiger partial charge in [-0.05, 0) is 25.3 Å². The van der Waals surface area contributed by atoms with Crippen molar-refractivity contribution in [3.63, 3.8) is 0 Å². The van der Waals surface area contributed by atoms with E-state index in [0.717, 1.165) is 18.4 Å². The highest BCUT2D eigenvalue weighted by atomic mass is 32.2. The fourth-order valence-corrected chi connectivity index (χ4v) is 4.72. The molecule has 0 unspecified atom stereocenters. The average molecular weight is 410 g/mol. The van der Waals surface area contributed by atoms with Crippen LogP contribution in [0.15, 0.2) is 24.3 Å². The minimum absolute atomic E-state index is 0.00116. The molecule has 0 aliphatic carbocycles. The largest absolute Gasteiger partial charge is 0.453 e. The molecule has 0 bridgehead atoms. The second-order valence-electron chi connectivity index (χ2n) is 7.11. The maximum atomic E-state index is 12.2. The highest BCUT2D eigenvalue weighted by molar-refractivity contribution is 7.91. The van der Waals surface area contributed by atoms with E-state index in [1.165, 1.54) is 6.92 Å². The summed E-state index contributed by atoms with van der Waals surface area (Å²) in [7, 11) is -3.10. The summed E-state index contributed by atoms with van der Waals surface area (Å²) >= 11 is 0.